The quantitative estimate of drug-likeness (QED) is 0.610. The number of rotatable bonds is 4. The minimum Gasteiger partial charge on any atom is -0.370 e. The van der Waals surface area contributed by atoms with Crippen LogP contribution in [0.1, 0.15) is 18.4 Å². The van der Waals surface area contributed by atoms with Gasteiger partial charge in [0.25, 0.3) is 0 Å². The minimum atomic E-state index is -3.64. The van der Waals surface area contributed by atoms with Gasteiger partial charge >= 0.3 is 0 Å². The molecule has 4 N–H and O–H groups in total. The molecule has 0 aromatic heterocycles. The molecule has 0 radical (unpaired) electrons. The second-order valence-corrected chi connectivity index (χ2v) is 6.27. The molecule has 1 aliphatic rings. The Balaban J connectivity index is 2.01. The molecule has 6 nitrogen and oxygen atoms in total. The fraction of sp³-hybridized carbons (Fsp3) is 0.417. The van der Waals surface area contributed by atoms with E-state index in [1.165, 1.54) is 12.1 Å². The fourth-order valence-corrected chi connectivity index (χ4v) is 2.23. The van der Waals surface area contributed by atoms with Crippen molar-refractivity contribution in [3.63, 3.8) is 0 Å². The summed E-state index contributed by atoms with van der Waals surface area (Å²) in [6.45, 7) is 0.424. The summed E-state index contributed by atoms with van der Waals surface area (Å²) in [5.74, 6) is 0.512. The number of primary sulfonamides is 1. The third kappa shape index (κ3) is 3.68. The number of nitrogens with two attached hydrogens (primary N) is 2. The van der Waals surface area contributed by atoms with Crippen molar-refractivity contribution in [1.82, 2.24) is 4.90 Å². The lowest BCUT2D eigenvalue weighted by molar-refractivity contribution is 0.487. The van der Waals surface area contributed by atoms with Gasteiger partial charge in [0.1, 0.15) is 0 Å². The van der Waals surface area contributed by atoms with Crippen molar-refractivity contribution in [1.29, 1.82) is 0 Å². The summed E-state index contributed by atoms with van der Waals surface area (Å²) in [7, 11) is -1.70. The SMILES string of the molecule is CN(C(N)=NCc1ccc(S(N)(=O)=O)cc1)C1CC1. The van der Waals surface area contributed by atoms with Crippen LogP contribution in [-0.2, 0) is 16.6 Å². The Bertz CT molecular complexity index is 576. The molecule has 0 atom stereocenters. The molecule has 2 rings (SSSR count). The highest BCUT2D eigenvalue weighted by atomic mass is 32.2. The van der Waals surface area contributed by atoms with E-state index in [9.17, 15) is 8.42 Å². The first kappa shape index (κ1) is 13.8. The highest BCUT2D eigenvalue weighted by molar-refractivity contribution is 7.89. The van der Waals surface area contributed by atoms with E-state index in [0.29, 0.717) is 18.5 Å². The van der Waals surface area contributed by atoms with Crippen LogP contribution >= 0.6 is 0 Å². The second kappa shape index (κ2) is 5.18. The van der Waals surface area contributed by atoms with Gasteiger partial charge in [0.05, 0.1) is 11.4 Å². The highest BCUT2D eigenvalue weighted by Crippen LogP contribution is 2.24. The van der Waals surface area contributed by atoms with Crippen molar-refractivity contribution in [3.05, 3.63) is 29.8 Å². The van der Waals surface area contributed by atoms with Crippen molar-refractivity contribution in [2.45, 2.75) is 30.3 Å². The molecule has 104 valence electrons. The summed E-state index contributed by atoms with van der Waals surface area (Å²) in [6, 6.07) is 6.84. The molecule has 0 amide bonds. The summed E-state index contributed by atoms with van der Waals surface area (Å²) in [6.07, 6.45) is 2.32. The zero-order chi connectivity index (χ0) is 14.0. The molecule has 1 fully saturated rings. The normalized spacial score (nSPS) is 16.4. The summed E-state index contributed by atoms with van der Waals surface area (Å²) in [5.41, 5.74) is 6.75. The Labute approximate surface area is 113 Å². The lowest BCUT2D eigenvalue weighted by Gasteiger charge is -2.16. The molecule has 1 saturated carbocycles. The number of guanidine groups is 1. The molecule has 0 saturated heterocycles. The highest BCUT2D eigenvalue weighted by Gasteiger charge is 2.27. The maximum atomic E-state index is 11.1. The van der Waals surface area contributed by atoms with Crippen LogP contribution in [0.3, 0.4) is 0 Å². The van der Waals surface area contributed by atoms with E-state index in [1.807, 2.05) is 11.9 Å². The first-order chi connectivity index (χ1) is 8.88. The molecule has 0 unspecified atom stereocenters. The average molecular weight is 282 g/mol. The van der Waals surface area contributed by atoms with Crippen molar-refractivity contribution in [2.75, 3.05) is 7.05 Å². The summed E-state index contributed by atoms with van der Waals surface area (Å²) < 4.78 is 22.2. The van der Waals surface area contributed by atoms with Crippen LogP contribution in [0, 0.1) is 0 Å². The average Bonchev–Trinajstić information content (AvgIpc) is 3.18. The molecule has 19 heavy (non-hydrogen) atoms. The Morgan fingerprint density at radius 3 is 2.42 bits per heavy atom. The van der Waals surface area contributed by atoms with Gasteiger partial charge in [-0.2, -0.15) is 0 Å². The van der Waals surface area contributed by atoms with Crippen LogP contribution in [0.4, 0.5) is 0 Å². The molecular weight excluding hydrogens is 264 g/mol. The summed E-state index contributed by atoms with van der Waals surface area (Å²) >= 11 is 0. The van der Waals surface area contributed by atoms with Crippen LogP contribution in [0.5, 0.6) is 0 Å². The zero-order valence-electron chi connectivity index (χ0n) is 10.8. The molecule has 1 aromatic carbocycles. The maximum Gasteiger partial charge on any atom is 0.238 e. The van der Waals surface area contributed by atoms with Crippen LogP contribution in [0.2, 0.25) is 0 Å². The molecule has 0 heterocycles. The van der Waals surface area contributed by atoms with Gasteiger partial charge in [-0.1, -0.05) is 12.1 Å². The number of aliphatic imine (C=N–C) groups is 1. The smallest absolute Gasteiger partial charge is 0.238 e. The predicted octanol–water partition coefficient (Wildman–Crippen LogP) is 0.243. The van der Waals surface area contributed by atoms with Crippen molar-refractivity contribution in [2.24, 2.45) is 15.9 Å². The number of nitrogens with zero attached hydrogens (tertiary/aromatic N) is 2. The fourth-order valence-electron chi connectivity index (χ4n) is 1.72. The number of hydrogen-bond acceptors (Lipinski definition) is 3. The monoisotopic (exact) mass is 282 g/mol. The minimum absolute atomic E-state index is 0.100. The van der Waals surface area contributed by atoms with Gasteiger partial charge in [0.15, 0.2) is 5.96 Å². The van der Waals surface area contributed by atoms with Crippen molar-refractivity contribution in [3.8, 4) is 0 Å². The van der Waals surface area contributed by atoms with Gasteiger partial charge in [0, 0.05) is 13.1 Å². The van der Waals surface area contributed by atoms with E-state index in [1.54, 1.807) is 12.1 Å². The van der Waals surface area contributed by atoms with Crippen LogP contribution < -0.4 is 10.9 Å². The molecule has 0 aliphatic heterocycles. The molecule has 7 heteroatoms. The van der Waals surface area contributed by atoms with Gasteiger partial charge in [0.2, 0.25) is 10.0 Å². The van der Waals surface area contributed by atoms with Gasteiger partial charge < -0.3 is 10.6 Å². The largest absolute Gasteiger partial charge is 0.370 e. The van der Waals surface area contributed by atoms with Crippen molar-refractivity contribution >= 4 is 16.0 Å². The summed E-state index contributed by atoms with van der Waals surface area (Å²) in [4.78, 5) is 6.36. The number of hydrogen-bond donors (Lipinski definition) is 2. The molecule has 1 aromatic rings. The standard InChI is InChI=1S/C12H18N4O2S/c1-16(10-4-5-10)12(13)15-8-9-2-6-11(7-3-9)19(14,17)18/h2-3,6-7,10H,4-5,8H2,1H3,(H2,13,15)(H2,14,17,18). The Morgan fingerprint density at radius 2 is 1.95 bits per heavy atom. The molecule has 0 spiro atoms. The van der Waals surface area contributed by atoms with E-state index in [0.717, 1.165) is 18.4 Å². The number of benzene rings is 1. The van der Waals surface area contributed by atoms with Crippen LogP contribution in [0.15, 0.2) is 34.2 Å². The van der Waals surface area contributed by atoms with Gasteiger partial charge in [-0.05, 0) is 30.5 Å². The third-order valence-corrected chi connectivity index (χ3v) is 4.06. The second-order valence-electron chi connectivity index (χ2n) is 4.71. The molecule has 1 aliphatic carbocycles. The topological polar surface area (TPSA) is 102 Å². The maximum absolute atomic E-state index is 11.1. The third-order valence-electron chi connectivity index (χ3n) is 3.13. The van der Waals surface area contributed by atoms with E-state index >= 15 is 0 Å². The Kier molecular flexibility index (Phi) is 3.77. The predicted molar refractivity (Wildman–Crippen MR) is 73.9 cm³/mol. The van der Waals surface area contributed by atoms with E-state index < -0.39 is 10.0 Å². The van der Waals surface area contributed by atoms with Crippen LogP contribution in [-0.4, -0.2) is 32.4 Å². The van der Waals surface area contributed by atoms with Crippen molar-refractivity contribution < 1.29 is 8.42 Å². The first-order valence-electron chi connectivity index (χ1n) is 6.02. The number of sulfonamides is 1. The zero-order valence-corrected chi connectivity index (χ0v) is 11.6. The molecular formula is C12H18N4O2S. The van der Waals surface area contributed by atoms with Gasteiger partial charge in [-0.25, -0.2) is 18.5 Å². The first-order valence-corrected chi connectivity index (χ1v) is 7.57. The van der Waals surface area contributed by atoms with E-state index in [4.69, 9.17) is 10.9 Å². The van der Waals surface area contributed by atoms with E-state index in [-0.39, 0.29) is 4.90 Å². The summed E-state index contributed by atoms with van der Waals surface area (Å²) in [5, 5.41) is 5.03. The van der Waals surface area contributed by atoms with E-state index in [2.05, 4.69) is 4.99 Å². The Morgan fingerprint density at radius 1 is 1.37 bits per heavy atom. The lowest BCUT2D eigenvalue weighted by Crippen LogP contribution is -2.35. The Hall–Kier alpha value is -1.60. The molecule has 0 bridgehead atoms. The van der Waals surface area contributed by atoms with Gasteiger partial charge in [-0.3, -0.25) is 0 Å². The van der Waals surface area contributed by atoms with Gasteiger partial charge in [-0.15, -0.1) is 0 Å². The van der Waals surface area contributed by atoms with Crippen LogP contribution in [0.25, 0.3) is 0 Å². The lowest BCUT2D eigenvalue weighted by atomic mass is 10.2.